The fraction of sp³-hybridized carbons (Fsp3) is 0.400. The van der Waals surface area contributed by atoms with Gasteiger partial charge in [-0.25, -0.2) is 4.98 Å². The van der Waals surface area contributed by atoms with Crippen LogP contribution in [0.15, 0.2) is 35.3 Å². The quantitative estimate of drug-likeness (QED) is 0.731. The van der Waals surface area contributed by atoms with Crippen LogP contribution in [0.25, 0.3) is 4.96 Å². The third kappa shape index (κ3) is 3.93. The summed E-state index contributed by atoms with van der Waals surface area (Å²) in [5.74, 6) is -0.0813. The summed E-state index contributed by atoms with van der Waals surface area (Å²) in [6.07, 6.45) is 2.33. The molecule has 3 rings (SSSR count). The van der Waals surface area contributed by atoms with Gasteiger partial charge in [-0.3, -0.25) is 9.59 Å². The van der Waals surface area contributed by atoms with Gasteiger partial charge in [0.15, 0.2) is 0 Å². The second-order valence-corrected chi connectivity index (χ2v) is 8.69. The first-order valence-electron chi connectivity index (χ1n) is 9.01. The lowest BCUT2D eigenvalue weighted by Crippen LogP contribution is -2.23. The van der Waals surface area contributed by atoms with Gasteiger partial charge in [-0.1, -0.05) is 58.1 Å². The van der Waals surface area contributed by atoms with E-state index in [0.717, 1.165) is 17.0 Å². The highest BCUT2D eigenvalue weighted by Gasteiger charge is 2.17. The van der Waals surface area contributed by atoms with Crippen LogP contribution in [0, 0.1) is 0 Å². The summed E-state index contributed by atoms with van der Waals surface area (Å²) in [5, 5.41) is 7.89. The molecule has 0 spiro atoms. The number of nitrogens with one attached hydrogen (secondary N) is 1. The molecule has 0 aliphatic rings. The molecule has 0 fully saturated rings. The molecule has 2 aromatic heterocycles. The van der Waals surface area contributed by atoms with Crippen LogP contribution >= 0.6 is 11.3 Å². The molecule has 27 heavy (non-hydrogen) atoms. The van der Waals surface area contributed by atoms with E-state index in [1.165, 1.54) is 22.0 Å². The number of aromatic nitrogens is 3. The fourth-order valence-corrected chi connectivity index (χ4v) is 3.57. The molecule has 0 saturated heterocycles. The maximum absolute atomic E-state index is 12.7. The van der Waals surface area contributed by atoms with Gasteiger partial charge < -0.3 is 5.32 Å². The van der Waals surface area contributed by atoms with Crippen molar-refractivity contribution in [3.8, 4) is 0 Å². The van der Waals surface area contributed by atoms with E-state index in [1.54, 1.807) is 12.1 Å². The lowest BCUT2D eigenvalue weighted by Gasteiger charge is -2.19. The van der Waals surface area contributed by atoms with E-state index in [9.17, 15) is 9.59 Å². The molecular weight excluding hydrogens is 360 g/mol. The molecule has 1 aromatic carbocycles. The number of carbonyl (C=O) groups excluding carboxylic acids is 1. The Bertz CT molecular complexity index is 1030. The van der Waals surface area contributed by atoms with Crippen LogP contribution in [0.3, 0.4) is 0 Å². The number of rotatable bonds is 4. The second kappa shape index (κ2) is 7.23. The number of benzene rings is 1. The lowest BCUT2D eigenvalue weighted by molar-refractivity contribution is 0.102. The van der Waals surface area contributed by atoms with Crippen molar-refractivity contribution in [3.63, 3.8) is 0 Å². The van der Waals surface area contributed by atoms with E-state index in [4.69, 9.17) is 0 Å². The molecule has 1 unspecified atom stereocenters. The van der Waals surface area contributed by atoms with Gasteiger partial charge in [0.25, 0.3) is 11.5 Å². The van der Waals surface area contributed by atoms with Gasteiger partial charge in [-0.15, -0.1) is 0 Å². The molecule has 0 radical (unpaired) electrons. The van der Waals surface area contributed by atoms with E-state index in [0.29, 0.717) is 10.5 Å². The van der Waals surface area contributed by atoms with Crippen molar-refractivity contribution in [2.75, 3.05) is 5.32 Å². The molecular formula is C20H24N4O2S. The first kappa shape index (κ1) is 19.2. The highest BCUT2D eigenvalue weighted by atomic mass is 32.1. The number of amides is 1. The van der Waals surface area contributed by atoms with Crippen molar-refractivity contribution in [3.05, 3.63) is 57.0 Å². The summed E-state index contributed by atoms with van der Waals surface area (Å²) < 4.78 is 1.27. The number of hydrogen-bond acceptors (Lipinski definition) is 5. The van der Waals surface area contributed by atoms with Crippen LogP contribution in [0.5, 0.6) is 0 Å². The largest absolute Gasteiger partial charge is 0.316 e. The van der Waals surface area contributed by atoms with Crippen LogP contribution in [0.2, 0.25) is 0 Å². The van der Waals surface area contributed by atoms with Gasteiger partial charge in [0.2, 0.25) is 4.96 Å². The first-order valence-corrected chi connectivity index (χ1v) is 9.83. The van der Waals surface area contributed by atoms with Crippen LogP contribution in [0.1, 0.15) is 67.9 Å². The molecule has 2 heterocycles. The highest BCUT2D eigenvalue weighted by molar-refractivity contribution is 7.16. The molecule has 3 aromatic rings. The predicted octanol–water partition coefficient (Wildman–Crippen LogP) is 4.21. The van der Waals surface area contributed by atoms with Crippen LogP contribution < -0.4 is 10.9 Å². The van der Waals surface area contributed by atoms with Gasteiger partial charge in [0.1, 0.15) is 10.7 Å². The molecule has 1 N–H and O–H groups in total. The molecule has 7 heteroatoms. The third-order valence-electron chi connectivity index (χ3n) is 4.60. The van der Waals surface area contributed by atoms with Crippen molar-refractivity contribution in [2.45, 2.75) is 52.4 Å². The zero-order valence-electron chi connectivity index (χ0n) is 16.2. The number of fused-ring (bicyclic) bond motifs is 1. The monoisotopic (exact) mass is 384 g/mol. The van der Waals surface area contributed by atoms with Crippen LogP contribution in [-0.4, -0.2) is 20.5 Å². The minimum absolute atomic E-state index is 0.0146. The molecule has 0 bridgehead atoms. The summed E-state index contributed by atoms with van der Waals surface area (Å²) in [5.41, 5.74) is 1.40. The number of nitrogens with zero attached hydrogens (tertiary/aromatic N) is 3. The smallest absolute Gasteiger partial charge is 0.298 e. The van der Waals surface area contributed by atoms with Crippen LogP contribution in [0.4, 0.5) is 5.69 Å². The zero-order chi connectivity index (χ0) is 19.8. The van der Waals surface area contributed by atoms with Crippen molar-refractivity contribution in [1.82, 2.24) is 14.6 Å². The topological polar surface area (TPSA) is 76.4 Å². The molecule has 142 valence electrons. The van der Waals surface area contributed by atoms with E-state index in [-0.39, 0.29) is 28.5 Å². The summed E-state index contributed by atoms with van der Waals surface area (Å²) in [6.45, 7) is 10.5. The Balaban J connectivity index is 1.86. The Hall–Kier alpha value is -2.54. The van der Waals surface area contributed by atoms with E-state index in [1.807, 2.05) is 12.1 Å². The van der Waals surface area contributed by atoms with Crippen molar-refractivity contribution >= 4 is 27.9 Å². The molecule has 0 aliphatic carbocycles. The van der Waals surface area contributed by atoms with Crippen molar-refractivity contribution in [2.24, 2.45) is 0 Å². The Labute approximate surface area is 162 Å². The average molecular weight is 385 g/mol. The van der Waals surface area contributed by atoms with Crippen molar-refractivity contribution < 1.29 is 4.79 Å². The van der Waals surface area contributed by atoms with E-state index >= 15 is 0 Å². The summed E-state index contributed by atoms with van der Waals surface area (Å²) in [7, 11) is 0. The Morgan fingerprint density at radius 1 is 1.26 bits per heavy atom. The SMILES string of the molecule is CCC(C)c1nn2c(=O)c(NC(=O)c3ccc(C(C)(C)C)cc3)cnc2s1. The second-order valence-electron chi connectivity index (χ2n) is 7.70. The Morgan fingerprint density at radius 3 is 2.52 bits per heavy atom. The maximum Gasteiger partial charge on any atom is 0.298 e. The lowest BCUT2D eigenvalue weighted by atomic mass is 9.87. The van der Waals surface area contributed by atoms with Gasteiger partial charge in [-0.05, 0) is 29.5 Å². The number of anilines is 1. The molecule has 1 atom stereocenters. The number of hydrogen-bond donors (Lipinski definition) is 1. The maximum atomic E-state index is 12.7. The van der Waals surface area contributed by atoms with E-state index < -0.39 is 0 Å². The summed E-state index contributed by atoms with van der Waals surface area (Å²) in [4.78, 5) is 30.0. The minimum atomic E-state index is -0.370. The third-order valence-corrected chi connectivity index (χ3v) is 5.75. The normalized spacial score (nSPS) is 12.9. The molecule has 0 aliphatic heterocycles. The standard InChI is InChI=1S/C20H24N4O2S/c1-6-12(2)17-23-24-18(26)15(11-21-19(24)27-17)22-16(25)13-7-9-14(10-8-13)20(3,4)5/h7-12H,6H2,1-5H3,(H,22,25). The predicted molar refractivity (Wildman–Crippen MR) is 109 cm³/mol. The minimum Gasteiger partial charge on any atom is -0.316 e. The van der Waals surface area contributed by atoms with Gasteiger partial charge in [0.05, 0.1) is 6.20 Å². The highest BCUT2D eigenvalue weighted by Crippen LogP contribution is 2.24. The van der Waals surface area contributed by atoms with Crippen LogP contribution in [-0.2, 0) is 5.41 Å². The Kier molecular flexibility index (Phi) is 5.15. The van der Waals surface area contributed by atoms with Gasteiger partial charge in [0, 0.05) is 11.5 Å². The van der Waals surface area contributed by atoms with Gasteiger partial charge in [-0.2, -0.15) is 9.61 Å². The van der Waals surface area contributed by atoms with E-state index in [2.05, 4.69) is 50.0 Å². The van der Waals surface area contributed by atoms with Gasteiger partial charge >= 0.3 is 0 Å². The molecule has 6 nitrogen and oxygen atoms in total. The molecule has 0 saturated carbocycles. The first-order chi connectivity index (χ1) is 12.7. The summed E-state index contributed by atoms with van der Waals surface area (Å²) >= 11 is 1.40. The average Bonchev–Trinajstić information content (AvgIpc) is 3.08. The fourth-order valence-electron chi connectivity index (χ4n) is 2.58. The molecule has 1 amide bonds. The summed E-state index contributed by atoms with van der Waals surface area (Å²) in [6, 6.07) is 7.40. The zero-order valence-corrected chi connectivity index (χ0v) is 17.1. The van der Waals surface area contributed by atoms with Crippen molar-refractivity contribution in [1.29, 1.82) is 0 Å². The number of carbonyl (C=O) groups is 1. The Morgan fingerprint density at radius 2 is 1.93 bits per heavy atom.